The molecule has 1 aliphatic heterocycles. The number of methoxy groups -OCH3 is 1. The molecule has 4 rings (SSSR count). The molecule has 3 aromatic rings. The Labute approximate surface area is 171 Å². The summed E-state index contributed by atoms with van der Waals surface area (Å²) >= 11 is 0. The lowest BCUT2D eigenvalue weighted by atomic mass is 9.64. The molecule has 0 radical (unpaired) electrons. The molecule has 0 bridgehead atoms. The first-order valence-electron chi connectivity index (χ1n) is 9.89. The van der Waals surface area contributed by atoms with Crippen LogP contribution in [0.3, 0.4) is 0 Å². The van der Waals surface area contributed by atoms with Crippen molar-refractivity contribution < 1.29 is 19.7 Å². The second-order valence-electron chi connectivity index (χ2n) is 7.42. The summed E-state index contributed by atoms with van der Waals surface area (Å²) in [6, 6.07) is 29.7. The summed E-state index contributed by atoms with van der Waals surface area (Å²) < 4.78 is 11.2. The van der Waals surface area contributed by atoms with E-state index in [4.69, 9.17) is 9.47 Å². The summed E-state index contributed by atoms with van der Waals surface area (Å²) in [5.74, 6) is 0. The normalized spacial score (nSPS) is 23.1. The molecule has 4 heteroatoms. The molecule has 1 heterocycles. The van der Waals surface area contributed by atoms with Gasteiger partial charge >= 0.3 is 0 Å². The smallest absolute Gasteiger partial charge is 0.160 e. The van der Waals surface area contributed by atoms with Crippen molar-refractivity contribution in [1.82, 2.24) is 0 Å². The van der Waals surface area contributed by atoms with Gasteiger partial charge in [-0.3, -0.25) is 0 Å². The van der Waals surface area contributed by atoms with Crippen LogP contribution in [0.5, 0.6) is 0 Å². The Morgan fingerprint density at radius 1 is 0.828 bits per heavy atom. The molecule has 4 atom stereocenters. The van der Waals surface area contributed by atoms with Crippen molar-refractivity contribution >= 4 is 0 Å². The number of ether oxygens (including phenoxy) is 2. The van der Waals surface area contributed by atoms with Crippen molar-refractivity contribution in [3.63, 3.8) is 0 Å². The first-order chi connectivity index (χ1) is 14.2. The molecule has 1 saturated heterocycles. The third-order valence-electron chi connectivity index (χ3n) is 5.83. The number of hydrogen-bond acceptors (Lipinski definition) is 4. The zero-order valence-corrected chi connectivity index (χ0v) is 16.4. The van der Waals surface area contributed by atoms with Gasteiger partial charge in [-0.2, -0.15) is 0 Å². The number of hydrogen-bond donors (Lipinski definition) is 2. The fraction of sp³-hybridized carbons (Fsp3) is 0.280. The van der Waals surface area contributed by atoms with Crippen LogP contribution < -0.4 is 0 Å². The van der Waals surface area contributed by atoms with Crippen LogP contribution in [0.4, 0.5) is 0 Å². The van der Waals surface area contributed by atoms with E-state index in [1.807, 2.05) is 91.0 Å². The van der Waals surface area contributed by atoms with Crippen molar-refractivity contribution in [3.05, 3.63) is 108 Å². The lowest BCUT2D eigenvalue weighted by Crippen LogP contribution is -2.51. The molecule has 0 spiro atoms. The van der Waals surface area contributed by atoms with E-state index in [9.17, 15) is 10.2 Å². The molecule has 150 valence electrons. The molecule has 3 aromatic carbocycles. The average Bonchev–Trinajstić information content (AvgIpc) is 3.17. The lowest BCUT2D eigenvalue weighted by Gasteiger charge is -2.42. The number of aliphatic hydroxyl groups is 2. The molecular formula is C25H26O4. The Bertz CT molecular complexity index is 801. The highest BCUT2D eigenvalue weighted by Gasteiger charge is 2.51. The zero-order valence-electron chi connectivity index (χ0n) is 16.4. The maximum absolute atomic E-state index is 11.9. The van der Waals surface area contributed by atoms with Crippen LogP contribution in [-0.4, -0.2) is 41.9 Å². The molecule has 1 unspecified atom stereocenters. The van der Waals surface area contributed by atoms with E-state index in [0.717, 1.165) is 16.7 Å². The Kier molecular flexibility index (Phi) is 5.79. The maximum atomic E-state index is 11.9. The standard InChI is InChI=1S/C25H26O4/c1-28-22-17-21(26)23(29-22)24(27)25(18-11-5-2-6-12-18,19-13-7-3-8-14-19)20-15-9-4-10-16-20/h2-16,21-24,26-27H,17H2,1H3/t21-,22-,23-,24?/m0/s1. The van der Waals surface area contributed by atoms with E-state index < -0.39 is 30.0 Å². The van der Waals surface area contributed by atoms with Gasteiger partial charge in [0.25, 0.3) is 0 Å². The number of benzene rings is 3. The lowest BCUT2D eigenvalue weighted by molar-refractivity contribution is -0.152. The predicted octanol–water partition coefficient (Wildman–Crippen LogP) is 3.50. The third-order valence-corrected chi connectivity index (χ3v) is 5.83. The molecule has 1 aliphatic rings. The second kappa shape index (κ2) is 8.47. The first-order valence-corrected chi connectivity index (χ1v) is 9.89. The van der Waals surface area contributed by atoms with Crippen molar-refractivity contribution in [1.29, 1.82) is 0 Å². The Hall–Kier alpha value is -2.50. The van der Waals surface area contributed by atoms with Crippen LogP contribution >= 0.6 is 0 Å². The molecule has 0 saturated carbocycles. The Balaban J connectivity index is 1.96. The summed E-state index contributed by atoms with van der Waals surface area (Å²) in [6.45, 7) is 0. The predicted molar refractivity (Wildman–Crippen MR) is 112 cm³/mol. The molecule has 0 aliphatic carbocycles. The third kappa shape index (κ3) is 3.49. The van der Waals surface area contributed by atoms with Crippen LogP contribution in [-0.2, 0) is 14.9 Å². The van der Waals surface area contributed by atoms with E-state index in [-0.39, 0.29) is 0 Å². The van der Waals surface area contributed by atoms with Gasteiger partial charge in [-0.25, -0.2) is 0 Å². The van der Waals surface area contributed by atoms with Crippen LogP contribution in [0.15, 0.2) is 91.0 Å². The maximum Gasteiger partial charge on any atom is 0.160 e. The molecule has 0 amide bonds. The summed E-state index contributed by atoms with van der Waals surface area (Å²) in [4.78, 5) is 0. The van der Waals surface area contributed by atoms with E-state index in [1.54, 1.807) is 7.11 Å². The van der Waals surface area contributed by atoms with Crippen molar-refractivity contribution in [2.75, 3.05) is 7.11 Å². The summed E-state index contributed by atoms with van der Waals surface area (Å²) in [5, 5.41) is 22.6. The summed E-state index contributed by atoms with van der Waals surface area (Å²) in [6.07, 6.45) is -2.87. The molecule has 1 fully saturated rings. The first kappa shape index (κ1) is 19.8. The van der Waals surface area contributed by atoms with Gasteiger partial charge in [0, 0.05) is 13.5 Å². The van der Waals surface area contributed by atoms with E-state index in [2.05, 4.69) is 0 Å². The fourth-order valence-corrected chi connectivity index (χ4v) is 4.45. The average molecular weight is 390 g/mol. The van der Waals surface area contributed by atoms with Crippen molar-refractivity contribution in [2.24, 2.45) is 0 Å². The minimum Gasteiger partial charge on any atom is -0.390 e. The Morgan fingerprint density at radius 3 is 1.59 bits per heavy atom. The molecule has 2 N–H and O–H groups in total. The van der Waals surface area contributed by atoms with E-state index in [1.165, 1.54) is 0 Å². The van der Waals surface area contributed by atoms with Crippen LogP contribution in [0.1, 0.15) is 23.1 Å². The quantitative estimate of drug-likeness (QED) is 0.633. The van der Waals surface area contributed by atoms with Crippen molar-refractivity contribution in [3.8, 4) is 0 Å². The molecule has 4 nitrogen and oxygen atoms in total. The topological polar surface area (TPSA) is 58.9 Å². The van der Waals surface area contributed by atoms with Gasteiger partial charge in [-0.05, 0) is 16.7 Å². The van der Waals surface area contributed by atoms with Crippen LogP contribution in [0.25, 0.3) is 0 Å². The minimum absolute atomic E-state index is 0.326. The summed E-state index contributed by atoms with van der Waals surface area (Å²) in [7, 11) is 1.55. The monoisotopic (exact) mass is 390 g/mol. The zero-order chi connectivity index (χ0) is 20.3. The van der Waals surface area contributed by atoms with Gasteiger partial charge in [0.15, 0.2) is 6.29 Å². The van der Waals surface area contributed by atoms with Crippen LogP contribution in [0.2, 0.25) is 0 Å². The van der Waals surface area contributed by atoms with Crippen molar-refractivity contribution in [2.45, 2.75) is 36.4 Å². The highest BCUT2D eigenvalue weighted by Crippen LogP contribution is 2.45. The van der Waals surface area contributed by atoms with Crippen LogP contribution in [0, 0.1) is 0 Å². The van der Waals surface area contributed by atoms with Gasteiger partial charge in [0.1, 0.15) is 12.2 Å². The van der Waals surface area contributed by atoms with Gasteiger partial charge < -0.3 is 19.7 Å². The molecular weight excluding hydrogens is 364 g/mol. The van der Waals surface area contributed by atoms with Gasteiger partial charge in [0.05, 0.1) is 11.5 Å². The summed E-state index contributed by atoms with van der Waals surface area (Å²) in [5.41, 5.74) is 1.88. The highest BCUT2D eigenvalue weighted by molar-refractivity contribution is 5.52. The van der Waals surface area contributed by atoms with E-state index >= 15 is 0 Å². The molecule has 0 aromatic heterocycles. The number of aliphatic hydroxyl groups excluding tert-OH is 2. The largest absolute Gasteiger partial charge is 0.390 e. The van der Waals surface area contributed by atoms with Gasteiger partial charge in [0.2, 0.25) is 0 Å². The SMILES string of the molecule is CO[C@@H]1C[C@H](O)[C@@H](C(O)C(c2ccccc2)(c2ccccc2)c2ccccc2)O1. The second-order valence-corrected chi connectivity index (χ2v) is 7.42. The minimum atomic E-state index is -1.04. The number of rotatable bonds is 6. The Morgan fingerprint density at radius 2 is 1.24 bits per heavy atom. The van der Waals surface area contributed by atoms with E-state index in [0.29, 0.717) is 6.42 Å². The van der Waals surface area contributed by atoms with Gasteiger partial charge in [-0.15, -0.1) is 0 Å². The molecule has 29 heavy (non-hydrogen) atoms. The highest BCUT2D eigenvalue weighted by atomic mass is 16.7. The fourth-order valence-electron chi connectivity index (χ4n) is 4.45. The van der Waals surface area contributed by atoms with Gasteiger partial charge in [-0.1, -0.05) is 91.0 Å².